The number of halogens is 4. The van der Waals surface area contributed by atoms with Crippen LogP contribution in [0.2, 0.25) is 0 Å². The Morgan fingerprint density at radius 3 is 1.79 bits per heavy atom. The van der Waals surface area contributed by atoms with Gasteiger partial charge in [0.1, 0.15) is 0 Å². The van der Waals surface area contributed by atoms with Crippen molar-refractivity contribution in [1.82, 2.24) is 0 Å². The van der Waals surface area contributed by atoms with Crippen LogP contribution in [0, 0.1) is 29.2 Å². The molecule has 0 aliphatic heterocycles. The second kappa shape index (κ2) is 9.98. The monoisotopic (exact) mass is 456 g/mol. The van der Waals surface area contributed by atoms with Crippen LogP contribution in [-0.2, 0) is 0 Å². The topological polar surface area (TPSA) is 9.23 Å². The minimum atomic E-state index is -1.06. The molecule has 0 heterocycles. The van der Waals surface area contributed by atoms with Gasteiger partial charge in [0.15, 0.2) is 23.2 Å². The zero-order valence-electron chi connectivity index (χ0n) is 18.9. The van der Waals surface area contributed by atoms with Gasteiger partial charge in [0.2, 0.25) is 5.82 Å². The van der Waals surface area contributed by atoms with E-state index in [1.54, 1.807) is 36.4 Å². The number of ether oxygens (including phenoxy) is 1. The van der Waals surface area contributed by atoms with Gasteiger partial charge in [-0.1, -0.05) is 56.2 Å². The van der Waals surface area contributed by atoms with Crippen molar-refractivity contribution in [1.29, 1.82) is 0 Å². The molecule has 0 spiro atoms. The van der Waals surface area contributed by atoms with Gasteiger partial charge < -0.3 is 4.74 Å². The average Bonchev–Trinajstić information content (AvgIpc) is 2.84. The molecule has 5 heteroatoms. The third kappa shape index (κ3) is 4.64. The van der Waals surface area contributed by atoms with Crippen LogP contribution in [0.3, 0.4) is 0 Å². The van der Waals surface area contributed by atoms with E-state index in [-0.39, 0.29) is 22.8 Å². The molecule has 1 nitrogen and oxygen atoms in total. The summed E-state index contributed by atoms with van der Waals surface area (Å²) in [4.78, 5) is 0. The van der Waals surface area contributed by atoms with E-state index in [0.29, 0.717) is 22.6 Å². The van der Waals surface area contributed by atoms with Gasteiger partial charge in [0.25, 0.3) is 0 Å². The molecule has 0 N–H and O–H groups in total. The summed E-state index contributed by atoms with van der Waals surface area (Å²) in [6.07, 6.45) is 6.26. The molecule has 1 fully saturated rings. The van der Waals surface area contributed by atoms with Gasteiger partial charge in [-0.2, -0.15) is 4.39 Å². The van der Waals surface area contributed by atoms with Crippen molar-refractivity contribution in [3.63, 3.8) is 0 Å². The maximum atomic E-state index is 15.0. The first-order chi connectivity index (χ1) is 15.9. The molecule has 0 saturated heterocycles. The summed E-state index contributed by atoms with van der Waals surface area (Å²) >= 11 is 0. The lowest BCUT2D eigenvalue weighted by atomic mass is 9.77. The van der Waals surface area contributed by atoms with Crippen molar-refractivity contribution in [3.8, 4) is 28.0 Å². The predicted molar refractivity (Wildman–Crippen MR) is 123 cm³/mol. The van der Waals surface area contributed by atoms with Crippen molar-refractivity contribution in [2.75, 3.05) is 7.11 Å². The van der Waals surface area contributed by atoms with Crippen LogP contribution in [0.4, 0.5) is 17.6 Å². The fourth-order valence-corrected chi connectivity index (χ4v) is 5.01. The molecule has 0 amide bonds. The number of methoxy groups -OCH3 is 1. The molecule has 0 radical (unpaired) electrons. The SMILES string of the molecule is CCCC1CCC(c2ccc(-c3ccc(-c4ccc(OC)c(F)c4F)cc3)c(F)c2F)CC1. The third-order valence-corrected chi connectivity index (χ3v) is 6.87. The lowest BCUT2D eigenvalue weighted by molar-refractivity contribution is 0.303. The molecule has 1 aliphatic rings. The molecule has 0 unspecified atom stereocenters. The van der Waals surface area contributed by atoms with E-state index in [9.17, 15) is 8.78 Å². The smallest absolute Gasteiger partial charge is 0.201 e. The first kappa shape index (κ1) is 23.3. The van der Waals surface area contributed by atoms with E-state index in [1.807, 2.05) is 0 Å². The maximum absolute atomic E-state index is 15.0. The highest BCUT2D eigenvalue weighted by atomic mass is 19.2. The van der Waals surface area contributed by atoms with E-state index in [4.69, 9.17) is 4.74 Å². The maximum Gasteiger partial charge on any atom is 0.201 e. The number of hydrogen-bond acceptors (Lipinski definition) is 1. The Bertz CT molecular complexity index is 1120. The molecule has 33 heavy (non-hydrogen) atoms. The summed E-state index contributed by atoms with van der Waals surface area (Å²) in [7, 11) is 1.27. The van der Waals surface area contributed by atoms with E-state index in [0.717, 1.165) is 32.1 Å². The van der Waals surface area contributed by atoms with Crippen molar-refractivity contribution in [2.45, 2.75) is 51.4 Å². The highest BCUT2D eigenvalue weighted by Gasteiger charge is 2.26. The molecule has 3 aromatic carbocycles. The van der Waals surface area contributed by atoms with Crippen molar-refractivity contribution < 1.29 is 22.3 Å². The van der Waals surface area contributed by atoms with Gasteiger partial charge >= 0.3 is 0 Å². The second-order valence-electron chi connectivity index (χ2n) is 8.86. The van der Waals surface area contributed by atoms with E-state index < -0.39 is 23.3 Å². The van der Waals surface area contributed by atoms with Crippen LogP contribution >= 0.6 is 0 Å². The Morgan fingerprint density at radius 2 is 1.24 bits per heavy atom. The molecule has 0 bridgehead atoms. The summed E-state index contributed by atoms with van der Waals surface area (Å²) in [6.45, 7) is 2.18. The highest BCUT2D eigenvalue weighted by molar-refractivity contribution is 5.71. The minimum absolute atomic E-state index is 0.0528. The standard InChI is InChI=1S/C28H28F4O/c1-3-4-17-5-7-18(8-6-17)21-13-14-22(26(30)25(21)29)19-9-11-20(12-10-19)23-15-16-24(33-2)28(32)27(23)31/h9-18H,3-8H2,1-2H3. The van der Waals surface area contributed by atoms with Crippen molar-refractivity contribution >= 4 is 0 Å². The highest BCUT2D eigenvalue weighted by Crippen LogP contribution is 2.40. The number of benzene rings is 3. The first-order valence-corrected chi connectivity index (χ1v) is 11.5. The van der Waals surface area contributed by atoms with E-state index in [1.165, 1.54) is 25.7 Å². The number of hydrogen-bond donors (Lipinski definition) is 0. The average molecular weight is 457 g/mol. The fourth-order valence-electron chi connectivity index (χ4n) is 5.01. The molecule has 4 rings (SSSR count). The Labute approximate surface area is 192 Å². The summed E-state index contributed by atoms with van der Waals surface area (Å²) in [5, 5.41) is 0. The Balaban J connectivity index is 1.57. The Hall–Kier alpha value is -2.82. The molecule has 174 valence electrons. The van der Waals surface area contributed by atoms with Crippen LogP contribution in [-0.4, -0.2) is 7.11 Å². The van der Waals surface area contributed by atoms with Gasteiger partial charge in [0.05, 0.1) is 7.11 Å². The van der Waals surface area contributed by atoms with Gasteiger partial charge in [-0.05, 0) is 66.3 Å². The van der Waals surface area contributed by atoms with Crippen molar-refractivity contribution in [3.05, 3.63) is 77.4 Å². The van der Waals surface area contributed by atoms with E-state index in [2.05, 4.69) is 6.92 Å². The zero-order chi connectivity index (χ0) is 23.5. The molecular weight excluding hydrogens is 428 g/mol. The zero-order valence-corrected chi connectivity index (χ0v) is 18.9. The summed E-state index contributed by atoms with van der Waals surface area (Å²) in [6, 6.07) is 12.4. The lowest BCUT2D eigenvalue weighted by Crippen LogP contribution is -2.14. The molecule has 1 aliphatic carbocycles. The normalized spacial score (nSPS) is 18.4. The van der Waals surface area contributed by atoms with Gasteiger partial charge in [-0.25, -0.2) is 13.2 Å². The lowest BCUT2D eigenvalue weighted by Gasteiger charge is -2.29. The van der Waals surface area contributed by atoms with Crippen molar-refractivity contribution in [2.24, 2.45) is 5.92 Å². The molecular formula is C28H28F4O. The first-order valence-electron chi connectivity index (χ1n) is 11.5. The summed E-state index contributed by atoms with van der Waals surface area (Å²) in [5.41, 5.74) is 1.59. The predicted octanol–water partition coefficient (Wildman–Crippen LogP) is 8.66. The summed E-state index contributed by atoms with van der Waals surface area (Å²) < 4.78 is 63.3. The third-order valence-electron chi connectivity index (χ3n) is 6.87. The van der Waals surface area contributed by atoms with Gasteiger partial charge in [0, 0.05) is 11.1 Å². The van der Waals surface area contributed by atoms with Crippen LogP contribution in [0.1, 0.15) is 56.9 Å². The minimum Gasteiger partial charge on any atom is -0.494 e. The summed E-state index contributed by atoms with van der Waals surface area (Å²) in [5.74, 6) is -3.15. The second-order valence-corrected chi connectivity index (χ2v) is 8.86. The largest absolute Gasteiger partial charge is 0.494 e. The van der Waals surface area contributed by atoms with E-state index >= 15 is 8.78 Å². The fraction of sp³-hybridized carbons (Fsp3) is 0.357. The quantitative estimate of drug-likeness (QED) is 0.337. The molecule has 0 aromatic heterocycles. The van der Waals surface area contributed by atoms with Crippen LogP contribution in [0.15, 0.2) is 48.5 Å². The Kier molecular flexibility index (Phi) is 7.06. The van der Waals surface area contributed by atoms with Crippen LogP contribution in [0.5, 0.6) is 5.75 Å². The van der Waals surface area contributed by atoms with Crippen LogP contribution in [0.25, 0.3) is 22.3 Å². The van der Waals surface area contributed by atoms with Gasteiger partial charge in [-0.3, -0.25) is 0 Å². The molecule has 3 aromatic rings. The van der Waals surface area contributed by atoms with Gasteiger partial charge in [-0.15, -0.1) is 0 Å². The molecule has 1 saturated carbocycles. The Morgan fingerprint density at radius 1 is 0.697 bits per heavy atom. The van der Waals surface area contributed by atoms with Crippen LogP contribution < -0.4 is 4.74 Å². The molecule has 0 atom stereocenters. The number of rotatable bonds is 6.